The first-order valence-corrected chi connectivity index (χ1v) is 6.17. The number of aliphatic hydroxyl groups excluding tert-OH is 1. The predicted octanol–water partition coefficient (Wildman–Crippen LogP) is 3.78. The molecule has 0 aromatic carbocycles. The SMILES string of the molecule is C/C=C/C(O)C1(C)C(C)CCCC1(C)C. The lowest BCUT2D eigenvalue weighted by Gasteiger charge is -2.54. The van der Waals surface area contributed by atoms with Gasteiger partial charge >= 0.3 is 0 Å². The Morgan fingerprint density at radius 1 is 1.33 bits per heavy atom. The maximum absolute atomic E-state index is 10.4. The van der Waals surface area contributed by atoms with Gasteiger partial charge in [0.15, 0.2) is 0 Å². The molecular formula is C14H26O. The molecule has 0 aromatic heterocycles. The van der Waals surface area contributed by atoms with Crippen molar-refractivity contribution in [2.45, 2.75) is 60.0 Å². The summed E-state index contributed by atoms with van der Waals surface area (Å²) in [6.07, 6.45) is 7.37. The van der Waals surface area contributed by atoms with Crippen LogP contribution in [0.1, 0.15) is 53.9 Å². The van der Waals surface area contributed by atoms with E-state index in [0.717, 1.165) is 0 Å². The van der Waals surface area contributed by atoms with Crippen LogP contribution in [-0.2, 0) is 0 Å². The minimum atomic E-state index is -0.312. The van der Waals surface area contributed by atoms with E-state index in [9.17, 15) is 5.11 Å². The van der Waals surface area contributed by atoms with Crippen molar-refractivity contribution in [3.63, 3.8) is 0 Å². The van der Waals surface area contributed by atoms with Gasteiger partial charge in [-0.1, -0.05) is 52.7 Å². The normalized spacial score (nSPS) is 38.1. The smallest absolute Gasteiger partial charge is 0.0782 e. The van der Waals surface area contributed by atoms with Gasteiger partial charge in [-0.3, -0.25) is 0 Å². The van der Waals surface area contributed by atoms with E-state index in [0.29, 0.717) is 5.92 Å². The molecule has 1 fully saturated rings. The highest BCUT2D eigenvalue weighted by Gasteiger charge is 2.50. The van der Waals surface area contributed by atoms with Gasteiger partial charge in [0, 0.05) is 5.41 Å². The lowest BCUT2D eigenvalue weighted by molar-refractivity contribution is -0.0927. The van der Waals surface area contributed by atoms with Crippen molar-refractivity contribution >= 4 is 0 Å². The first kappa shape index (κ1) is 12.8. The Morgan fingerprint density at radius 2 is 1.93 bits per heavy atom. The van der Waals surface area contributed by atoms with Crippen LogP contribution in [0.5, 0.6) is 0 Å². The standard InChI is InChI=1S/C14H26O/c1-6-8-12(15)14(5)11(2)9-7-10-13(14,3)4/h6,8,11-12,15H,7,9-10H2,1-5H3/b8-6+. The summed E-state index contributed by atoms with van der Waals surface area (Å²) in [5, 5.41) is 10.4. The van der Waals surface area contributed by atoms with Crippen LogP contribution in [0.2, 0.25) is 0 Å². The predicted molar refractivity (Wildman–Crippen MR) is 65.7 cm³/mol. The molecule has 0 spiro atoms. The number of hydrogen-bond acceptors (Lipinski definition) is 1. The van der Waals surface area contributed by atoms with Gasteiger partial charge in [-0.05, 0) is 24.7 Å². The molecule has 1 aliphatic carbocycles. The van der Waals surface area contributed by atoms with E-state index in [1.807, 2.05) is 19.1 Å². The number of hydrogen-bond donors (Lipinski definition) is 1. The van der Waals surface area contributed by atoms with Crippen LogP contribution in [0.15, 0.2) is 12.2 Å². The molecule has 88 valence electrons. The van der Waals surface area contributed by atoms with Gasteiger partial charge in [0.05, 0.1) is 6.10 Å². The lowest BCUT2D eigenvalue weighted by atomic mass is 9.52. The molecule has 1 aliphatic rings. The Morgan fingerprint density at radius 3 is 2.40 bits per heavy atom. The molecule has 1 heteroatoms. The van der Waals surface area contributed by atoms with Crippen molar-refractivity contribution in [3.8, 4) is 0 Å². The summed E-state index contributed by atoms with van der Waals surface area (Å²) in [6.45, 7) is 11.1. The highest BCUT2D eigenvalue weighted by molar-refractivity contribution is 5.06. The summed E-state index contributed by atoms with van der Waals surface area (Å²) in [6, 6.07) is 0. The molecule has 0 saturated heterocycles. The highest BCUT2D eigenvalue weighted by Crippen LogP contribution is 2.55. The molecule has 15 heavy (non-hydrogen) atoms. The van der Waals surface area contributed by atoms with E-state index < -0.39 is 0 Å². The summed E-state index contributed by atoms with van der Waals surface area (Å²) in [7, 11) is 0. The molecule has 0 amide bonds. The topological polar surface area (TPSA) is 20.2 Å². The van der Waals surface area contributed by atoms with Crippen molar-refractivity contribution in [3.05, 3.63) is 12.2 Å². The van der Waals surface area contributed by atoms with E-state index in [1.165, 1.54) is 19.3 Å². The second-order valence-corrected chi connectivity index (χ2v) is 5.93. The molecule has 1 N–H and O–H groups in total. The largest absolute Gasteiger partial charge is 0.388 e. The fraction of sp³-hybridized carbons (Fsp3) is 0.857. The zero-order valence-corrected chi connectivity index (χ0v) is 10.9. The summed E-state index contributed by atoms with van der Waals surface area (Å²) >= 11 is 0. The van der Waals surface area contributed by atoms with Gasteiger partial charge in [-0.15, -0.1) is 0 Å². The van der Waals surface area contributed by atoms with E-state index in [2.05, 4.69) is 27.7 Å². The third-order valence-electron chi connectivity index (χ3n) is 4.91. The molecule has 0 aliphatic heterocycles. The first-order valence-electron chi connectivity index (χ1n) is 6.17. The van der Waals surface area contributed by atoms with E-state index in [4.69, 9.17) is 0 Å². The first-order chi connectivity index (χ1) is 6.86. The van der Waals surface area contributed by atoms with Gasteiger partial charge in [-0.2, -0.15) is 0 Å². The Labute approximate surface area is 94.6 Å². The molecule has 1 rings (SSSR count). The van der Waals surface area contributed by atoms with E-state index in [1.54, 1.807) is 0 Å². The lowest BCUT2D eigenvalue weighted by Crippen LogP contribution is -2.51. The summed E-state index contributed by atoms with van der Waals surface area (Å²) < 4.78 is 0. The molecule has 3 atom stereocenters. The third kappa shape index (κ3) is 1.99. The molecular weight excluding hydrogens is 184 g/mol. The van der Waals surface area contributed by atoms with Crippen molar-refractivity contribution in [2.75, 3.05) is 0 Å². The monoisotopic (exact) mass is 210 g/mol. The molecule has 3 unspecified atom stereocenters. The third-order valence-corrected chi connectivity index (χ3v) is 4.91. The Bertz CT molecular complexity index is 242. The second-order valence-electron chi connectivity index (χ2n) is 5.93. The van der Waals surface area contributed by atoms with Crippen molar-refractivity contribution in [1.29, 1.82) is 0 Å². The fourth-order valence-electron chi connectivity index (χ4n) is 3.16. The quantitative estimate of drug-likeness (QED) is 0.688. The van der Waals surface area contributed by atoms with E-state index in [-0.39, 0.29) is 16.9 Å². The van der Waals surface area contributed by atoms with Crippen LogP contribution < -0.4 is 0 Å². The van der Waals surface area contributed by atoms with Gasteiger partial charge in [0.1, 0.15) is 0 Å². The summed E-state index contributed by atoms with van der Waals surface area (Å²) in [5.41, 5.74) is 0.237. The Kier molecular flexibility index (Phi) is 3.65. The number of rotatable bonds is 2. The van der Waals surface area contributed by atoms with Crippen LogP contribution in [-0.4, -0.2) is 11.2 Å². The van der Waals surface area contributed by atoms with Gasteiger partial charge < -0.3 is 5.11 Å². The maximum atomic E-state index is 10.4. The number of allylic oxidation sites excluding steroid dienone is 1. The molecule has 1 saturated carbocycles. The molecule has 1 nitrogen and oxygen atoms in total. The summed E-state index contributed by atoms with van der Waals surface area (Å²) in [5.74, 6) is 0.590. The fourth-order valence-corrected chi connectivity index (χ4v) is 3.16. The minimum Gasteiger partial charge on any atom is -0.388 e. The van der Waals surface area contributed by atoms with Crippen molar-refractivity contribution in [1.82, 2.24) is 0 Å². The average Bonchev–Trinajstić information content (AvgIpc) is 2.14. The van der Waals surface area contributed by atoms with Crippen molar-refractivity contribution < 1.29 is 5.11 Å². The minimum absolute atomic E-state index is 0.0117. The molecule has 0 bridgehead atoms. The second kappa shape index (κ2) is 4.29. The zero-order valence-electron chi connectivity index (χ0n) is 10.9. The van der Waals surface area contributed by atoms with Gasteiger partial charge in [-0.25, -0.2) is 0 Å². The Balaban J connectivity index is 3.03. The van der Waals surface area contributed by atoms with E-state index >= 15 is 0 Å². The zero-order chi connectivity index (χ0) is 11.7. The van der Waals surface area contributed by atoms with Crippen LogP contribution in [0, 0.1) is 16.7 Å². The molecule has 0 radical (unpaired) electrons. The van der Waals surface area contributed by atoms with Crippen LogP contribution in [0.25, 0.3) is 0 Å². The van der Waals surface area contributed by atoms with Crippen LogP contribution in [0.3, 0.4) is 0 Å². The number of aliphatic hydroxyl groups is 1. The van der Waals surface area contributed by atoms with Crippen LogP contribution >= 0.6 is 0 Å². The van der Waals surface area contributed by atoms with Gasteiger partial charge in [0.25, 0.3) is 0 Å². The summed E-state index contributed by atoms with van der Waals surface area (Å²) in [4.78, 5) is 0. The molecule has 0 aromatic rings. The Hall–Kier alpha value is -0.300. The van der Waals surface area contributed by atoms with Gasteiger partial charge in [0.2, 0.25) is 0 Å². The van der Waals surface area contributed by atoms with Crippen LogP contribution in [0.4, 0.5) is 0 Å². The molecule has 0 heterocycles. The van der Waals surface area contributed by atoms with Crippen molar-refractivity contribution in [2.24, 2.45) is 16.7 Å². The maximum Gasteiger partial charge on any atom is 0.0782 e. The average molecular weight is 210 g/mol. The highest BCUT2D eigenvalue weighted by atomic mass is 16.3.